The number of carbonyl (C=O) groups excluding carboxylic acids is 1. The number of anilines is 1. The van der Waals surface area contributed by atoms with Crippen molar-refractivity contribution in [3.05, 3.63) is 28.7 Å². The Morgan fingerprint density at radius 2 is 2.04 bits per heavy atom. The van der Waals surface area contributed by atoms with Crippen LogP contribution in [0.1, 0.15) is 26.2 Å². The van der Waals surface area contributed by atoms with Crippen LogP contribution in [0, 0.1) is 0 Å². The second-order valence-electron chi connectivity index (χ2n) is 6.04. The summed E-state index contributed by atoms with van der Waals surface area (Å²) in [7, 11) is -3.03. The third-order valence-corrected chi connectivity index (χ3v) is 7.87. The first-order chi connectivity index (χ1) is 11.4. The molecule has 5 nitrogen and oxygen atoms in total. The SMILES string of the molecule is CCCCC(=O)N=C1S[C@@H]2CS(=O)(=O)C[C@@H]2N1c1ccc(Br)cc1. The highest BCUT2D eigenvalue weighted by atomic mass is 79.9. The van der Waals surface area contributed by atoms with E-state index in [9.17, 15) is 13.2 Å². The van der Waals surface area contributed by atoms with Gasteiger partial charge in [-0.2, -0.15) is 4.99 Å². The van der Waals surface area contributed by atoms with E-state index in [0.717, 1.165) is 23.0 Å². The molecular formula is C16H19BrN2O3S2. The fourth-order valence-corrected chi connectivity index (χ4v) is 7.15. The maximum absolute atomic E-state index is 12.1. The summed E-state index contributed by atoms with van der Waals surface area (Å²) in [4.78, 5) is 18.3. The highest BCUT2D eigenvalue weighted by Gasteiger charge is 2.49. The average molecular weight is 431 g/mol. The molecule has 2 heterocycles. The number of amides is 1. The van der Waals surface area contributed by atoms with E-state index in [2.05, 4.69) is 20.9 Å². The first-order valence-corrected chi connectivity index (χ1v) is 11.4. The molecule has 0 unspecified atom stereocenters. The molecule has 8 heteroatoms. The molecule has 0 bridgehead atoms. The zero-order valence-electron chi connectivity index (χ0n) is 13.3. The van der Waals surface area contributed by atoms with Gasteiger partial charge >= 0.3 is 0 Å². The summed E-state index contributed by atoms with van der Waals surface area (Å²) in [5, 5.41) is 0.569. The van der Waals surface area contributed by atoms with E-state index in [4.69, 9.17) is 0 Å². The van der Waals surface area contributed by atoms with Gasteiger partial charge in [0.2, 0.25) is 5.91 Å². The van der Waals surface area contributed by atoms with Crippen LogP contribution in [-0.4, -0.2) is 42.3 Å². The second-order valence-corrected chi connectivity index (χ2v) is 10.3. The van der Waals surface area contributed by atoms with Gasteiger partial charge in [-0.25, -0.2) is 8.42 Å². The molecule has 2 saturated heterocycles. The lowest BCUT2D eigenvalue weighted by Gasteiger charge is -2.24. The molecule has 0 aliphatic carbocycles. The number of aliphatic imine (C=N–C) groups is 1. The third-order valence-electron chi connectivity index (χ3n) is 4.14. The molecule has 0 N–H and O–H groups in total. The lowest BCUT2D eigenvalue weighted by Crippen LogP contribution is -2.37. The number of hydrogen-bond acceptors (Lipinski definition) is 4. The van der Waals surface area contributed by atoms with E-state index in [0.29, 0.717) is 11.6 Å². The van der Waals surface area contributed by atoms with Gasteiger partial charge in [0.1, 0.15) is 0 Å². The smallest absolute Gasteiger partial charge is 0.248 e. The van der Waals surface area contributed by atoms with Crippen molar-refractivity contribution in [2.24, 2.45) is 4.99 Å². The summed E-state index contributed by atoms with van der Waals surface area (Å²) in [6.45, 7) is 2.04. The van der Waals surface area contributed by atoms with Gasteiger partial charge in [0.05, 0.1) is 17.5 Å². The zero-order valence-corrected chi connectivity index (χ0v) is 16.5. The number of fused-ring (bicyclic) bond motifs is 1. The van der Waals surface area contributed by atoms with Crippen LogP contribution in [0.5, 0.6) is 0 Å². The van der Waals surface area contributed by atoms with Gasteiger partial charge < -0.3 is 4.90 Å². The maximum atomic E-state index is 12.1. The van der Waals surface area contributed by atoms with Crippen molar-refractivity contribution in [3.63, 3.8) is 0 Å². The van der Waals surface area contributed by atoms with Crippen LogP contribution in [-0.2, 0) is 14.6 Å². The van der Waals surface area contributed by atoms with Gasteiger partial charge in [-0.3, -0.25) is 4.79 Å². The standard InChI is InChI=1S/C16H19BrN2O3S2/c1-2-3-4-15(20)18-16-19(12-7-5-11(17)6-8-12)13-9-24(21,22)10-14(13)23-16/h5-8,13-14H,2-4,9-10H2,1H3/t13-,14+/m0/s1. The van der Waals surface area contributed by atoms with Gasteiger partial charge in [-0.1, -0.05) is 41.0 Å². The van der Waals surface area contributed by atoms with E-state index < -0.39 is 9.84 Å². The quantitative estimate of drug-likeness (QED) is 0.733. The number of benzene rings is 1. The highest BCUT2D eigenvalue weighted by Crippen LogP contribution is 2.41. The number of hydrogen-bond donors (Lipinski definition) is 0. The number of amidine groups is 1. The van der Waals surface area contributed by atoms with Crippen molar-refractivity contribution in [2.45, 2.75) is 37.5 Å². The van der Waals surface area contributed by atoms with Crippen LogP contribution in [0.25, 0.3) is 0 Å². The topological polar surface area (TPSA) is 66.8 Å². The summed E-state index contributed by atoms with van der Waals surface area (Å²) in [6, 6.07) is 7.51. The number of rotatable bonds is 4. The Bertz CT molecular complexity index is 762. The molecule has 1 amide bonds. The molecule has 2 fully saturated rings. The molecule has 2 aliphatic heterocycles. The second kappa shape index (κ2) is 7.17. The van der Waals surface area contributed by atoms with E-state index in [1.54, 1.807) is 0 Å². The summed E-state index contributed by atoms with van der Waals surface area (Å²) in [5.74, 6) is 0.129. The molecule has 130 valence electrons. The maximum Gasteiger partial charge on any atom is 0.248 e. The number of thioether (sulfide) groups is 1. The number of carbonyl (C=O) groups is 1. The number of nitrogens with zero attached hydrogens (tertiary/aromatic N) is 2. The van der Waals surface area contributed by atoms with Gasteiger partial charge in [-0.15, -0.1) is 0 Å². The fourth-order valence-electron chi connectivity index (χ4n) is 2.96. The molecule has 0 spiro atoms. The van der Waals surface area contributed by atoms with E-state index in [1.165, 1.54) is 11.8 Å². The normalized spacial score (nSPS) is 26.8. The summed E-state index contributed by atoms with van der Waals surface area (Å²) in [6.07, 6.45) is 2.20. The first-order valence-electron chi connectivity index (χ1n) is 7.93. The molecule has 24 heavy (non-hydrogen) atoms. The molecule has 2 aliphatic rings. The Hall–Kier alpha value is -0.860. The highest BCUT2D eigenvalue weighted by molar-refractivity contribution is 9.10. The van der Waals surface area contributed by atoms with Gasteiger partial charge in [0.15, 0.2) is 15.0 Å². The van der Waals surface area contributed by atoms with Crippen LogP contribution >= 0.6 is 27.7 Å². The minimum absolute atomic E-state index is 0.0589. The average Bonchev–Trinajstić information content (AvgIpc) is 2.97. The van der Waals surface area contributed by atoms with Gasteiger partial charge in [-0.05, 0) is 30.7 Å². The Morgan fingerprint density at radius 1 is 1.33 bits per heavy atom. The van der Waals surface area contributed by atoms with Crippen molar-refractivity contribution >= 4 is 54.3 Å². The van der Waals surface area contributed by atoms with Gasteiger partial charge in [0, 0.05) is 21.8 Å². The van der Waals surface area contributed by atoms with Crippen LogP contribution in [0.2, 0.25) is 0 Å². The fraction of sp³-hybridized carbons (Fsp3) is 0.500. The zero-order chi connectivity index (χ0) is 17.3. The van der Waals surface area contributed by atoms with Crippen molar-refractivity contribution < 1.29 is 13.2 Å². The van der Waals surface area contributed by atoms with Gasteiger partial charge in [0.25, 0.3) is 0 Å². The summed E-state index contributed by atoms with van der Waals surface area (Å²) < 4.78 is 24.9. The largest absolute Gasteiger partial charge is 0.316 e. The van der Waals surface area contributed by atoms with E-state index in [-0.39, 0.29) is 28.7 Å². The lowest BCUT2D eigenvalue weighted by molar-refractivity contribution is -0.117. The number of sulfone groups is 1. The Morgan fingerprint density at radius 3 is 2.71 bits per heavy atom. The number of unbranched alkanes of at least 4 members (excludes halogenated alkanes) is 1. The van der Waals surface area contributed by atoms with Crippen LogP contribution in [0.15, 0.2) is 33.7 Å². The molecule has 0 radical (unpaired) electrons. The monoisotopic (exact) mass is 430 g/mol. The Labute approximate surface area is 155 Å². The van der Waals surface area contributed by atoms with Crippen molar-refractivity contribution in [2.75, 3.05) is 16.4 Å². The summed E-state index contributed by atoms with van der Waals surface area (Å²) in [5.41, 5.74) is 0.873. The third kappa shape index (κ3) is 3.86. The van der Waals surface area contributed by atoms with Crippen LogP contribution in [0.3, 0.4) is 0 Å². The van der Waals surface area contributed by atoms with Crippen molar-refractivity contribution in [1.82, 2.24) is 0 Å². The van der Waals surface area contributed by atoms with Crippen molar-refractivity contribution in [1.29, 1.82) is 0 Å². The minimum Gasteiger partial charge on any atom is -0.316 e. The minimum atomic E-state index is -3.03. The van der Waals surface area contributed by atoms with Crippen molar-refractivity contribution in [3.8, 4) is 0 Å². The Kier molecular flexibility index (Phi) is 5.36. The van der Waals surface area contributed by atoms with Crippen LogP contribution < -0.4 is 4.90 Å². The molecule has 0 aromatic heterocycles. The van der Waals surface area contributed by atoms with Crippen LogP contribution in [0.4, 0.5) is 5.69 Å². The predicted molar refractivity (Wildman–Crippen MR) is 102 cm³/mol. The molecule has 1 aromatic carbocycles. The molecule has 2 atom stereocenters. The van der Waals surface area contributed by atoms with E-state index >= 15 is 0 Å². The molecule has 1 aromatic rings. The Balaban J connectivity index is 1.92. The first kappa shape index (κ1) is 17.9. The molecule has 0 saturated carbocycles. The predicted octanol–water partition coefficient (Wildman–Crippen LogP) is 3.24. The molecular weight excluding hydrogens is 412 g/mol. The summed E-state index contributed by atoms with van der Waals surface area (Å²) >= 11 is 4.83. The molecule has 3 rings (SSSR count). The number of halogens is 1. The lowest BCUT2D eigenvalue weighted by atomic mass is 10.2. The van der Waals surface area contributed by atoms with E-state index in [1.807, 2.05) is 36.1 Å².